The van der Waals surface area contributed by atoms with Gasteiger partial charge in [0.1, 0.15) is 4.21 Å². The summed E-state index contributed by atoms with van der Waals surface area (Å²) < 4.78 is 34.6. The van der Waals surface area contributed by atoms with Crippen molar-refractivity contribution in [2.24, 2.45) is 0 Å². The molecule has 0 bridgehead atoms. The summed E-state index contributed by atoms with van der Waals surface area (Å²) in [4.78, 5) is 18.9. The zero-order valence-corrected chi connectivity index (χ0v) is 19.8. The van der Waals surface area contributed by atoms with Crippen molar-refractivity contribution in [1.29, 1.82) is 0 Å². The lowest BCUT2D eigenvalue weighted by Gasteiger charge is -2.36. The van der Waals surface area contributed by atoms with Gasteiger partial charge in [0, 0.05) is 37.4 Å². The Morgan fingerprint density at radius 2 is 1.85 bits per heavy atom. The van der Waals surface area contributed by atoms with Crippen molar-refractivity contribution < 1.29 is 12.8 Å². The van der Waals surface area contributed by atoms with E-state index >= 15 is 0 Å². The van der Waals surface area contributed by atoms with Crippen LogP contribution in [0, 0.1) is 0 Å². The van der Waals surface area contributed by atoms with Crippen LogP contribution in [0.2, 0.25) is 0 Å². The molecule has 0 radical (unpaired) electrons. The Bertz CT molecular complexity index is 1380. The second kappa shape index (κ2) is 9.30. The van der Waals surface area contributed by atoms with Crippen LogP contribution in [-0.4, -0.2) is 57.6 Å². The molecule has 33 heavy (non-hydrogen) atoms. The molecular formula is C23H26N4O4S2. The van der Waals surface area contributed by atoms with E-state index in [1.807, 2.05) is 42.5 Å². The Hall–Kier alpha value is -2.66. The van der Waals surface area contributed by atoms with Crippen LogP contribution >= 0.6 is 11.3 Å². The third kappa shape index (κ3) is 4.84. The quantitative estimate of drug-likeness (QED) is 0.371. The number of rotatable bonds is 8. The van der Waals surface area contributed by atoms with E-state index in [4.69, 9.17) is 4.42 Å². The number of anilines is 1. The minimum atomic E-state index is -3.47. The van der Waals surface area contributed by atoms with E-state index in [-0.39, 0.29) is 0 Å². The van der Waals surface area contributed by atoms with Gasteiger partial charge in [-0.3, -0.25) is 9.88 Å². The molecule has 0 atom stereocenters. The number of benzene rings is 2. The summed E-state index contributed by atoms with van der Waals surface area (Å²) in [6.45, 7) is 4.91. The molecule has 0 aliphatic carbocycles. The number of aromatic nitrogens is 1. The van der Waals surface area contributed by atoms with Gasteiger partial charge in [0.2, 0.25) is 10.0 Å². The molecule has 0 amide bonds. The number of sulfonamides is 1. The molecule has 0 saturated carbocycles. The van der Waals surface area contributed by atoms with Crippen molar-refractivity contribution in [3.8, 4) is 0 Å². The number of hydrogen-bond donors (Lipinski definition) is 2. The number of unbranched alkanes of at least 4 members (excludes halogenated alkanes) is 1. The van der Waals surface area contributed by atoms with Crippen LogP contribution in [0.4, 0.5) is 5.69 Å². The van der Waals surface area contributed by atoms with Crippen molar-refractivity contribution in [3.05, 3.63) is 59.1 Å². The van der Waals surface area contributed by atoms with Crippen molar-refractivity contribution in [3.63, 3.8) is 0 Å². The average Bonchev–Trinajstić information content (AvgIpc) is 3.42. The molecule has 2 aromatic carbocycles. The fraction of sp³-hybridized carbons (Fsp3) is 0.348. The van der Waals surface area contributed by atoms with E-state index < -0.39 is 15.8 Å². The predicted octanol–water partition coefficient (Wildman–Crippen LogP) is 3.22. The Morgan fingerprint density at radius 3 is 2.67 bits per heavy atom. The monoisotopic (exact) mass is 486 g/mol. The number of aromatic amines is 1. The molecule has 4 aromatic rings. The van der Waals surface area contributed by atoms with Gasteiger partial charge in [-0.2, -0.15) is 0 Å². The molecule has 5 rings (SSSR count). The number of H-pyrrole nitrogens is 1. The lowest BCUT2D eigenvalue weighted by atomic mass is 10.2. The summed E-state index contributed by atoms with van der Waals surface area (Å²) in [6.07, 6.45) is 1.72. The number of oxazole rings is 1. The first kappa shape index (κ1) is 22.1. The SMILES string of the molecule is O=c1[nH]c2cccc(N3CCN(CCCCNS(=O)(=O)c4cc5ccccc5s4)CC3)c2o1. The number of hydrogen-bond acceptors (Lipinski definition) is 7. The van der Waals surface area contributed by atoms with Crippen molar-refractivity contribution in [2.75, 3.05) is 44.2 Å². The zero-order valence-electron chi connectivity index (χ0n) is 18.1. The van der Waals surface area contributed by atoms with Gasteiger partial charge >= 0.3 is 5.76 Å². The molecule has 8 nitrogen and oxygen atoms in total. The Labute approximate surface area is 195 Å². The minimum absolute atomic E-state index is 0.369. The molecule has 2 N–H and O–H groups in total. The van der Waals surface area contributed by atoms with Crippen molar-refractivity contribution in [2.45, 2.75) is 17.1 Å². The fourth-order valence-corrected chi connectivity index (χ4v) is 6.76. The number of nitrogens with one attached hydrogen (secondary N) is 2. The second-order valence-corrected chi connectivity index (χ2v) is 11.3. The van der Waals surface area contributed by atoms with Crippen LogP contribution in [0.3, 0.4) is 0 Å². The summed E-state index contributed by atoms with van der Waals surface area (Å²) in [5.41, 5.74) is 2.28. The number of thiophene rings is 1. The summed E-state index contributed by atoms with van der Waals surface area (Å²) >= 11 is 1.30. The van der Waals surface area contributed by atoms with Gasteiger partial charge < -0.3 is 9.32 Å². The van der Waals surface area contributed by atoms with Crippen LogP contribution in [0.1, 0.15) is 12.8 Å². The molecule has 1 fully saturated rings. The standard InChI is InChI=1S/C23H26N4O4S2/c28-23-25-18-7-5-8-19(22(18)31-23)27-14-12-26(13-15-27)11-4-3-10-24-33(29,30)21-16-17-6-1-2-9-20(17)32-21/h1-2,5-9,16,24H,3-4,10-15H2,(H,25,28). The Balaban J connectivity index is 1.07. The maximum Gasteiger partial charge on any atom is 0.417 e. The third-order valence-electron chi connectivity index (χ3n) is 6.00. The van der Waals surface area contributed by atoms with E-state index in [1.165, 1.54) is 11.3 Å². The molecule has 1 saturated heterocycles. The predicted molar refractivity (Wildman–Crippen MR) is 132 cm³/mol. The summed E-state index contributed by atoms with van der Waals surface area (Å²) in [5, 5.41) is 0.955. The van der Waals surface area contributed by atoms with Gasteiger partial charge in [-0.15, -0.1) is 11.3 Å². The summed E-state index contributed by atoms with van der Waals surface area (Å²) in [5.74, 6) is -0.431. The minimum Gasteiger partial charge on any atom is -0.406 e. The molecule has 10 heteroatoms. The number of piperazine rings is 1. The highest BCUT2D eigenvalue weighted by Crippen LogP contribution is 2.28. The van der Waals surface area contributed by atoms with Crippen molar-refractivity contribution in [1.82, 2.24) is 14.6 Å². The largest absolute Gasteiger partial charge is 0.417 e. The van der Waals surface area contributed by atoms with E-state index in [9.17, 15) is 13.2 Å². The van der Waals surface area contributed by atoms with Gasteiger partial charge in [0.05, 0.1) is 11.2 Å². The third-order valence-corrected chi connectivity index (χ3v) is 9.05. The molecular weight excluding hydrogens is 460 g/mol. The summed E-state index contributed by atoms with van der Waals surface area (Å²) in [7, 11) is -3.47. The van der Waals surface area contributed by atoms with Gasteiger partial charge in [-0.1, -0.05) is 24.3 Å². The van der Waals surface area contributed by atoms with Crippen LogP contribution in [0.25, 0.3) is 21.2 Å². The van der Waals surface area contributed by atoms with Crippen LogP contribution < -0.4 is 15.4 Å². The van der Waals surface area contributed by atoms with E-state index in [1.54, 1.807) is 6.07 Å². The van der Waals surface area contributed by atoms with E-state index in [2.05, 4.69) is 19.5 Å². The van der Waals surface area contributed by atoms with Crippen LogP contribution in [-0.2, 0) is 10.0 Å². The molecule has 174 valence electrons. The smallest absolute Gasteiger partial charge is 0.406 e. The van der Waals surface area contributed by atoms with Crippen molar-refractivity contribution >= 4 is 48.2 Å². The molecule has 1 aliphatic rings. The first-order valence-corrected chi connectivity index (χ1v) is 13.4. The molecule has 0 unspecified atom stereocenters. The average molecular weight is 487 g/mol. The fourth-order valence-electron chi connectivity index (χ4n) is 4.25. The highest BCUT2D eigenvalue weighted by Gasteiger charge is 2.20. The van der Waals surface area contributed by atoms with E-state index in [0.717, 1.165) is 66.9 Å². The highest BCUT2D eigenvalue weighted by molar-refractivity contribution is 7.91. The maximum absolute atomic E-state index is 12.6. The lowest BCUT2D eigenvalue weighted by Crippen LogP contribution is -2.46. The highest BCUT2D eigenvalue weighted by atomic mass is 32.2. The first-order chi connectivity index (χ1) is 16.0. The van der Waals surface area contributed by atoms with Gasteiger partial charge in [-0.05, 0) is 49.0 Å². The van der Waals surface area contributed by atoms with Crippen LogP contribution in [0.15, 0.2) is 62.0 Å². The lowest BCUT2D eigenvalue weighted by molar-refractivity contribution is 0.253. The topological polar surface area (TPSA) is 98.6 Å². The number of para-hydroxylation sites is 1. The normalized spacial score (nSPS) is 15.6. The van der Waals surface area contributed by atoms with Gasteiger partial charge in [-0.25, -0.2) is 17.9 Å². The maximum atomic E-state index is 12.6. The Kier molecular flexibility index (Phi) is 6.24. The Morgan fingerprint density at radius 1 is 1.03 bits per heavy atom. The number of nitrogens with zero attached hydrogens (tertiary/aromatic N) is 2. The molecule has 3 heterocycles. The second-order valence-electron chi connectivity index (χ2n) is 8.21. The van der Waals surface area contributed by atoms with Gasteiger partial charge in [0.15, 0.2) is 5.58 Å². The molecule has 1 aliphatic heterocycles. The number of fused-ring (bicyclic) bond motifs is 2. The van der Waals surface area contributed by atoms with Crippen LogP contribution in [0.5, 0.6) is 0 Å². The first-order valence-electron chi connectivity index (χ1n) is 11.1. The summed E-state index contributed by atoms with van der Waals surface area (Å²) in [6, 6.07) is 15.2. The zero-order chi connectivity index (χ0) is 22.8. The van der Waals surface area contributed by atoms with E-state index in [0.29, 0.717) is 16.3 Å². The van der Waals surface area contributed by atoms with Gasteiger partial charge in [0.25, 0.3) is 0 Å². The molecule has 2 aromatic heterocycles. The molecule has 0 spiro atoms.